The van der Waals surface area contributed by atoms with E-state index in [1.165, 1.54) is 13.2 Å². The van der Waals surface area contributed by atoms with E-state index in [0.29, 0.717) is 6.42 Å². The van der Waals surface area contributed by atoms with Gasteiger partial charge < -0.3 is 19.7 Å². The van der Waals surface area contributed by atoms with Gasteiger partial charge in [-0.1, -0.05) is 12.2 Å². The maximum Gasteiger partial charge on any atom is 0.188 e. The lowest BCUT2D eigenvalue weighted by Gasteiger charge is -2.27. The van der Waals surface area contributed by atoms with E-state index in [-0.39, 0.29) is 36.1 Å². The molecule has 0 bridgehead atoms. The zero-order chi connectivity index (χ0) is 16.2. The Bertz CT molecular complexity index is 579. The third kappa shape index (κ3) is 3.87. The number of aliphatic hydroxyl groups is 1. The van der Waals surface area contributed by atoms with E-state index >= 15 is 0 Å². The standard InChI is InChI=1S/C17H22O5/c1-12-8-13(18)16(15(9-12)22-11-21-2)14(19)10-17(20)6-4-3-5-7-17/h4,6,8-9,18,20H,3,5,7,10-11H2,1-2H3. The summed E-state index contributed by atoms with van der Waals surface area (Å²) in [7, 11) is 1.48. The maximum atomic E-state index is 12.6. The molecule has 2 N–H and O–H groups in total. The van der Waals surface area contributed by atoms with Crippen molar-refractivity contribution >= 4 is 5.78 Å². The number of Topliss-reactive ketones (excluding diaryl/α,β-unsaturated/α-hetero) is 1. The van der Waals surface area contributed by atoms with Gasteiger partial charge in [-0.2, -0.15) is 0 Å². The maximum absolute atomic E-state index is 12.6. The van der Waals surface area contributed by atoms with Crippen molar-refractivity contribution in [3.8, 4) is 11.5 Å². The first-order valence-electron chi connectivity index (χ1n) is 7.34. The van der Waals surface area contributed by atoms with Gasteiger partial charge in [0.05, 0.1) is 5.60 Å². The monoisotopic (exact) mass is 306 g/mol. The molecule has 2 rings (SSSR count). The number of aromatic hydroxyl groups is 1. The van der Waals surface area contributed by atoms with Crippen molar-refractivity contribution in [1.29, 1.82) is 0 Å². The minimum absolute atomic E-state index is 0.0205. The van der Waals surface area contributed by atoms with Gasteiger partial charge in [-0.25, -0.2) is 0 Å². The Morgan fingerprint density at radius 1 is 1.41 bits per heavy atom. The molecule has 1 unspecified atom stereocenters. The zero-order valence-electron chi connectivity index (χ0n) is 13.0. The highest BCUT2D eigenvalue weighted by atomic mass is 16.7. The Hall–Kier alpha value is -1.85. The SMILES string of the molecule is COCOc1cc(C)cc(O)c1C(=O)CC1(O)C=CCCC1. The quantitative estimate of drug-likeness (QED) is 0.480. The van der Waals surface area contributed by atoms with Crippen LogP contribution in [0.25, 0.3) is 0 Å². The molecular weight excluding hydrogens is 284 g/mol. The minimum atomic E-state index is -1.15. The van der Waals surface area contributed by atoms with Crippen molar-refractivity contribution < 1.29 is 24.5 Å². The lowest BCUT2D eigenvalue weighted by Crippen LogP contribution is -2.31. The summed E-state index contributed by atoms with van der Waals surface area (Å²) in [5, 5.41) is 20.6. The summed E-state index contributed by atoms with van der Waals surface area (Å²) in [6.07, 6.45) is 5.77. The Morgan fingerprint density at radius 3 is 2.82 bits per heavy atom. The van der Waals surface area contributed by atoms with Crippen LogP contribution in [0.2, 0.25) is 0 Å². The smallest absolute Gasteiger partial charge is 0.188 e. The molecule has 0 spiro atoms. The molecule has 1 atom stereocenters. The third-order valence-electron chi connectivity index (χ3n) is 3.71. The Labute approximate surface area is 130 Å². The number of ether oxygens (including phenoxy) is 2. The van der Waals surface area contributed by atoms with E-state index in [0.717, 1.165) is 18.4 Å². The van der Waals surface area contributed by atoms with E-state index in [9.17, 15) is 15.0 Å². The second kappa shape index (κ2) is 6.94. The van der Waals surface area contributed by atoms with Gasteiger partial charge in [0.25, 0.3) is 0 Å². The number of methoxy groups -OCH3 is 1. The van der Waals surface area contributed by atoms with Gasteiger partial charge in [0.1, 0.15) is 17.1 Å². The normalized spacial score (nSPS) is 20.9. The van der Waals surface area contributed by atoms with Gasteiger partial charge in [-0.05, 0) is 43.9 Å². The summed E-state index contributed by atoms with van der Waals surface area (Å²) >= 11 is 0. The number of carbonyl (C=O) groups excluding carboxylic acids is 1. The van der Waals surface area contributed by atoms with E-state index in [4.69, 9.17) is 9.47 Å². The number of benzene rings is 1. The molecule has 0 radical (unpaired) electrons. The minimum Gasteiger partial charge on any atom is -0.507 e. The summed E-state index contributed by atoms with van der Waals surface area (Å²) in [4.78, 5) is 12.6. The van der Waals surface area contributed by atoms with Crippen molar-refractivity contribution in [1.82, 2.24) is 0 Å². The molecule has 22 heavy (non-hydrogen) atoms. The molecule has 0 aromatic heterocycles. The number of hydrogen-bond acceptors (Lipinski definition) is 5. The summed E-state index contributed by atoms with van der Waals surface area (Å²) in [5.74, 6) is -0.218. The lowest BCUT2D eigenvalue weighted by atomic mass is 9.85. The molecule has 1 aromatic rings. The molecule has 0 aliphatic heterocycles. The summed E-state index contributed by atoms with van der Waals surface area (Å²) < 4.78 is 10.2. The summed E-state index contributed by atoms with van der Waals surface area (Å²) in [6.45, 7) is 1.78. The number of ketones is 1. The molecule has 0 amide bonds. The van der Waals surface area contributed by atoms with Crippen molar-refractivity contribution in [2.45, 2.75) is 38.2 Å². The van der Waals surface area contributed by atoms with Crippen LogP contribution >= 0.6 is 0 Å². The average molecular weight is 306 g/mol. The molecule has 0 fully saturated rings. The summed E-state index contributed by atoms with van der Waals surface area (Å²) in [6, 6.07) is 3.18. The number of hydrogen-bond donors (Lipinski definition) is 2. The second-order valence-electron chi connectivity index (χ2n) is 5.71. The van der Waals surface area contributed by atoms with Crippen LogP contribution in [-0.2, 0) is 4.74 Å². The van der Waals surface area contributed by atoms with Gasteiger partial charge >= 0.3 is 0 Å². The number of phenols is 1. The molecule has 0 heterocycles. The highest BCUT2D eigenvalue weighted by Crippen LogP contribution is 2.34. The molecule has 1 aliphatic carbocycles. The molecule has 0 saturated carbocycles. The average Bonchev–Trinajstić information content (AvgIpc) is 2.44. The van der Waals surface area contributed by atoms with E-state index < -0.39 is 5.60 Å². The van der Waals surface area contributed by atoms with Gasteiger partial charge in [-0.15, -0.1) is 0 Å². The molecule has 0 saturated heterocycles. The van der Waals surface area contributed by atoms with Crippen LogP contribution in [0.5, 0.6) is 11.5 Å². The van der Waals surface area contributed by atoms with Crippen LogP contribution in [0.15, 0.2) is 24.3 Å². The number of allylic oxidation sites excluding steroid dienone is 1. The number of carbonyl (C=O) groups is 1. The first-order valence-corrected chi connectivity index (χ1v) is 7.34. The second-order valence-corrected chi connectivity index (χ2v) is 5.71. The van der Waals surface area contributed by atoms with Crippen molar-refractivity contribution in [3.63, 3.8) is 0 Å². The Balaban J connectivity index is 2.28. The topological polar surface area (TPSA) is 76.0 Å². The lowest BCUT2D eigenvalue weighted by molar-refractivity contribution is 0.0473. The fraction of sp³-hybridized carbons (Fsp3) is 0.471. The molecular formula is C17H22O5. The molecule has 5 nitrogen and oxygen atoms in total. The van der Waals surface area contributed by atoms with Gasteiger partial charge in [0.15, 0.2) is 12.6 Å². The van der Waals surface area contributed by atoms with E-state index in [1.54, 1.807) is 19.1 Å². The fourth-order valence-corrected chi connectivity index (χ4v) is 2.68. The first-order chi connectivity index (χ1) is 10.4. The fourth-order valence-electron chi connectivity index (χ4n) is 2.68. The van der Waals surface area contributed by atoms with Gasteiger partial charge in [0.2, 0.25) is 0 Å². The Morgan fingerprint density at radius 2 is 2.18 bits per heavy atom. The number of phenolic OH excluding ortho intramolecular Hbond substituents is 1. The molecule has 5 heteroatoms. The first kappa shape index (κ1) is 16.5. The zero-order valence-corrected chi connectivity index (χ0v) is 13.0. The van der Waals surface area contributed by atoms with E-state index in [2.05, 4.69) is 0 Å². The largest absolute Gasteiger partial charge is 0.507 e. The van der Waals surface area contributed by atoms with Crippen LogP contribution < -0.4 is 4.74 Å². The van der Waals surface area contributed by atoms with Crippen molar-refractivity contribution in [2.75, 3.05) is 13.9 Å². The predicted octanol–water partition coefficient (Wildman–Crippen LogP) is 2.73. The van der Waals surface area contributed by atoms with Crippen LogP contribution in [-0.4, -0.2) is 35.5 Å². The summed E-state index contributed by atoms with van der Waals surface area (Å²) in [5.41, 5.74) is -0.281. The molecule has 1 aromatic carbocycles. The predicted molar refractivity (Wildman–Crippen MR) is 82.2 cm³/mol. The number of aryl methyl sites for hydroxylation is 1. The van der Waals surface area contributed by atoms with Crippen LogP contribution in [0.4, 0.5) is 0 Å². The van der Waals surface area contributed by atoms with Gasteiger partial charge in [0, 0.05) is 13.5 Å². The molecule has 1 aliphatic rings. The molecule has 120 valence electrons. The van der Waals surface area contributed by atoms with Crippen molar-refractivity contribution in [3.05, 3.63) is 35.4 Å². The van der Waals surface area contributed by atoms with Crippen LogP contribution in [0.1, 0.15) is 41.6 Å². The van der Waals surface area contributed by atoms with Crippen LogP contribution in [0, 0.1) is 6.92 Å². The highest BCUT2D eigenvalue weighted by Gasteiger charge is 2.31. The Kier molecular flexibility index (Phi) is 5.21. The van der Waals surface area contributed by atoms with Crippen molar-refractivity contribution in [2.24, 2.45) is 0 Å². The number of rotatable bonds is 6. The van der Waals surface area contributed by atoms with E-state index in [1.807, 2.05) is 6.08 Å². The van der Waals surface area contributed by atoms with Gasteiger partial charge in [-0.3, -0.25) is 4.79 Å². The van der Waals surface area contributed by atoms with Crippen LogP contribution in [0.3, 0.4) is 0 Å². The highest BCUT2D eigenvalue weighted by molar-refractivity contribution is 6.02. The third-order valence-corrected chi connectivity index (χ3v) is 3.71.